The van der Waals surface area contributed by atoms with Gasteiger partial charge in [-0.1, -0.05) is 20.8 Å². The number of carbonyl (C=O) groups is 1. The van der Waals surface area contributed by atoms with Crippen molar-refractivity contribution in [2.75, 3.05) is 0 Å². The number of nitrogens with one attached hydrogen (secondary N) is 1. The minimum atomic E-state index is -1.81. The summed E-state index contributed by atoms with van der Waals surface area (Å²) in [4.78, 5) is 11.6. The van der Waals surface area contributed by atoms with E-state index in [4.69, 9.17) is 13.9 Å². The first-order valence-corrected chi connectivity index (χ1v) is 10.0. The van der Waals surface area contributed by atoms with E-state index in [2.05, 4.69) is 39.2 Å². The van der Waals surface area contributed by atoms with Gasteiger partial charge in [0.05, 0.1) is 0 Å². The van der Waals surface area contributed by atoms with Gasteiger partial charge in [0.2, 0.25) is 0 Å². The summed E-state index contributed by atoms with van der Waals surface area (Å²) in [5.74, 6) is 0. The molecule has 0 aromatic rings. The van der Waals surface area contributed by atoms with Crippen molar-refractivity contribution < 1.29 is 18.7 Å². The summed E-state index contributed by atoms with van der Waals surface area (Å²) in [6.07, 6.45) is -0.296. The molecule has 2 unspecified atom stereocenters. The number of alkyl carbamates (subject to hydrolysis) is 1. The van der Waals surface area contributed by atoms with Gasteiger partial charge in [-0.2, -0.15) is 0 Å². The topological polar surface area (TPSA) is 56.8 Å². The molecule has 0 bridgehead atoms. The lowest BCUT2D eigenvalue weighted by Gasteiger charge is -2.44. The average Bonchev–Trinajstić information content (AvgIpc) is 2.08. The van der Waals surface area contributed by atoms with Crippen LogP contribution >= 0.6 is 0 Å². The SMILES string of the molecule is CC(C)(C)OC(=O)NC1CC(O[Si](C)(C)C(C)(C)C)O1. The van der Waals surface area contributed by atoms with Crippen LogP contribution in [0, 0.1) is 0 Å². The van der Waals surface area contributed by atoms with Gasteiger partial charge in [-0.25, -0.2) is 4.79 Å². The molecule has 0 aromatic carbocycles. The molecule has 0 aromatic heterocycles. The third kappa shape index (κ3) is 5.07. The Hall–Kier alpha value is -0.593. The Balaban J connectivity index is 2.32. The van der Waals surface area contributed by atoms with E-state index in [0.717, 1.165) is 0 Å². The van der Waals surface area contributed by atoms with Crippen molar-refractivity contribution in [3.63, 3.8) is 0 Å². The zero-order valence-electron chi connectivity index (χ0n) is 14.0. The fourth-order valence-electron chi connectivity index (χ4n) is 1.46. The molecule has 2 atom stereocenters. The fraction of sp³-hybridized carbons (Fsp3) is 0.929. The summed E-state index contributed by atoms with van der Waals surface area (Å²) in [5.41, 5.74) is -0.495. The van der Waals surface area contributed by atoms with Crippen LogP contribution in [0.4, 0.5) is 4.79 Å². The van der Waals surface area contributed by atoms with E-state index in [0.29, 0.717) is 6.42 Å². The summed E-state index contributed by atoms with van der Waals surface area (Å²) < 4.78 is 16.8. The van der Waals surface area contributed by atoms with E-state index in [1.807, 2.05) is 20.8 Å². The second-order valence-electron chi connectivity index (χ2n) is 7.81. The molecule has 0 aliphatic carbocycles. The Morgan fingerprint density at radius 1 is 1.20 bits per heavy atom. The quantitative estimate of drug-likeness (QED) is 0.809. The zero-order chi connectivity index (χ0) is 15.8. The predicted octanol–water partition coefficient (Wildman–Crippen LogP) is 3.61. The number of ether oxygens (including phenoxy) is 2. The van der Waals surface area contributed by atoms with Crippen LogP contribution in [0.25, 0.3) is 0 Å². The smallest absolute Gasteiger partial charge is 0.409 e. The van der Waals surface area contributed by atoms with E-state index >= 15 is 0 Å². The third-order valence-corrected chi connectivity index (χ3v) is 8.10. The number of hydrogen-bond donors (Lipinski definition) is 1. The number of rotatable bonds is 3. The Morgan fingerprint density at radius 3 is 2.10 bits per heavy atom. The molecule has 1 rings (SSSR count). The van der Waals surface area contributed by atoms with Crippen molar-refractivity contribution in [1.29, 1.82) is 0 Å². The van der Waals surface area contributed by atoms with Crippen LogP contribution in [0.5, 0.6) is 0 Å². The van der Waals surface area contributed by atoms with Crippen molar-refractivity contribution in [1.82, 2.24) is 5.32 Å². The first-order chi connectivity index (χ1) is 8.80. The highest BCUT2D eigenvalue weighted by Gasteiger charge is 2.43. The highest BCUT2D eigenvalue weighted by Crippen LogP contribution is 2.39. The zero-order valence-corrected chi connectivity index (χ0v) is 15.0. The van der Waals surface area contributed by atoms with Gasteiger partial charge >= 0.3 is 6.09 Å². The van der Waals surface area contributed by atoms with Crippen LogP contribution in [0.15, 0.2) is 0 Å². The third-order valence-electron chi connectivity index (χ3n) is 3.63. The molecule has 118 valence electrons. The highest BCUT2D eigenvalue weighted by molar-refractivity contribution is 6.74. The van der Waals surface area contributed by atoms with Gasteiger partial charge in [0.15, 0.2) is 14.6 Å². The molecule has 1 fully saturated rings. The molecule has 1 saturated heterocycles. The van der Waals surface area contributed by atoms with Crippen molar-refractivity contribution in [3.05, 3.63) is 0 Å². The normalized spacial score (nSPS) is 24.0. The van der Waals surface area contributed by atoms with Crippen LogP contribution in [-0.2, 0) is 13.9 Å². The predicted molar refractivity (Wildman–Crippen MR) is 80.9 cm³/mol. The van der Waals surface area contributed by atoms with E-state index < -0.39 is 20.0 Å². The van der Waals surface area contributed by atoms with Gasteiger partial charge in [0.1, 0.15) is 11.8 Å². The lowest BCUT2D eigenvalue weighted by Crippen LogP contribution is -2.55. The van der Waals surface area contributed by atoms with Crippen LogP contribution in [0.2, 0.25) is 18.1 Å². The first kappa shape index (κ1) is 17.5. The second-order valence-corrected chi connectivity index (χ2v) is 12.6. The van der Waals surface area contributed by atoms with Crippen molar-refractivity contribution >= 4 is 14.4 Å². The lowest BCUT2D eigenvalue weighted by molar-refractivity contribution is -0.230. The number of carbonyl (C=O) groups excluding carboxylic acids is 1. The van der Waals surface area contributed by atoms with Crippen molar-refractivity contribution in [2.45, 2.75) is 84.2 Å². The lowest BCUT2D eigenvalue weighted by atomic mass is 10.2. The minimum absolute atomic E-state index is 0.153. The summed E-state index contributed by atoms with van der Waals surface area (Å²) in [7, 11) is -1.81. The molecule has 20 heavy (non-hydrogen) atoms. The van der Waals surface area contributed by atoms with E-state index in [1.165, 1.54) is 0 Å². The second kappa shape index (κ2) is 5.65. The molecular formula is C14H29NO4Si. The Kier molecular flexibility index (Phi) is 4.94. The fourth-order valence-corrected chi connectivity index (χ4v) is 2.62. The molecule has 0 radical (unpaired) electrons. The van der Waals surface area contributed by atoms with Gasteiger partial charge in [-0.15, -0.1) is 0 Å². The van der Waals surface area contributed by atoms with Gasteiger partial charge in [-0.05, 0) is 38.9 Å². The van der Waals surface area contributed by atoms with Crippen LogP contribution < -0.4 is 5.32 Å². The number of amides is 1. The van der Waals surface area contributed by atoms with Gasteiger partial charge in [0, 0.05) is 6.42 Å². The molecule has 1 aliphatic heterocycles. The van der Waals surface area contributed by atoms with Crippen LogP contribution in [0.1, 0.15) is 48.0 Å². The summed E-state index contributed by atoms with van der Waals surface area (Å²) in [5, 5.41) is 2.83. The summed E-state index contributed by atoms with van der Waals surface area (Å²) in [6, 6.07) is 0. The van der Waals surface area contributed by atoms with Gasteiger partial charge in [0.25, 0.3) is 0 Å². The molecule has 0 saturated carbocycles. The maximum Gasteiger partial charge on any atom is 0.409 e. The monoisotopic (exact) mass is 303 g/mol. The van der Waals surface area contributed by atoms with E-state index in [9.17, 15) is 4.79 Å². The molecule has 6 heteroatoms. The molecule has 0 spiro atoms. The molecule has 1 amide bonds. The standard InChI is InChI=1S/C14H29NO4Si/c1-13(2,3)18-12(16)15-10-9-11(17-10)19-20(7,8)14(4,5)6/h10-11H,9H2,1-8H3,(H,15,16). The van der Waals surface area contributed by atoms with Gasteiger partial charge in [-0.3, -0.25) is 5.32 Å². The van der Waals surface area contributed by atoms with Crippen molar-refractivity contribution in [3.8, 4) is 0 Å². The van der Waals surface area contributed by atoms with E-state index in [-0.39, 0.29) is 17.6 Å². The molecule has 1 aliphatic rings. The first-order valence-electron chi connectivity index (χ1n) is 7.13. The Labute approximate surface area is 123 Å². The van der Waals surface area contributed by atoms with Crippen molar-refractivity contribution in [2.24, 2.45) is 0 Å². The van der Waals surface area contributed by atoms with Crippen LogP contribution in [0.3, 0.4) is 0 Å². The van der Waals surface area contributed by atoms with E-state index in [1.54, 1.807) is 0 Å². The summed E-state index contributed by atoms with van der Waals surface area (Å²) in [6.45, 7) is 16.4. The average molecular weight is 303 g/mol. The minimum Gasteiger partial charge on any atom is -0.444 e. The Bertz CT molecular complexity index is 351. The largest absolute Gasteiger partial charge is 0.444 e. The van der Waals surface area contributed by atoms with Crippen LogP contribution in [-0.4, -0.2) is 32.5 Å². The number of hydrogen-bond acceptors (Lipinski definition) is 4. The maximum atomic E-state index is 11.6. The summed E-state index contributed by atoms with van der Waals surface area (Å²) >= 11 is 0. The Morgan fingerprint density at radius 2 is 1.70 bits per heavy atom. The molecule has 5 nitrogen and oxygen atoms in total. The molecular weight excluding hydrogens is 274 g/mol. The highest BCUT2D eigenvalue weighted by atomic mass is 28.4. The maximum absolute atomic E-state index is 11.6. The van der Waals surface area contributed by atoms with Gasteiger partial charge < -0.3 is 13.9 Å². The molecule has 1 N–H and O–H groups in total. The molecule has 1 heterocycles.